The Kier molecular flexibility index (Phi) is 6.80. The lowest BCUT2D eigenvalue weighted by atomic mass is 10.0. The van der Waals surface area contributed by atoms with Gasteiger partial charge in [-0.25, -0.2) is 13.4 Å². The van der Waals surface area contributed by atoms with Gasteiger partial charge in [-0.05, 0) is 67.3 Å². The first-order chi connectivity index (χ1) is 15.8. The van der Waals surface area contributed by atoms with Crippen molar-refractivity contribution in [3.8, 4) is 5.75 Å². The minimum atomic E-state index is -3.52. The summed E-state index contributed by atoms with van der Waals surface area (Å²) in [6.07, 6.45) is 5.49. The third-order valence-corrected chi connectivity index (χ3v) is 7.65. The number of aromatic nitrogens is 2. The van der Waals surface area contributed by atoms with Crippen LogP contribution < -0.4 is 10.1 Å². The van der Waals surface area contributed by atoms with E-state index in [1.165, 1.54) is 0 Å². The highest BCUT2D eigenvalue weighted by Gasteiger charge is 2.28. The number of nitrogens with one attached hydrogen (secondary N) is 1. The molecule has 174 valence electrons. The minimum absolute atomic E-state index is 0.240. The third-order valence-electron chi connectivity index (χ3n) is 5.78. The van der Waals surface area contributed by atoms with Crippen LogP contribution in [0.2, 0.25) is 0 Å². The van der Waals surface area contributed by atoms with E-state index in [0.717, 1.165) is 18.7 Å². The monoisotopic (exact) mass is 468 g/mol. The van der Waals surface area contributed by atoms with Crippen LogP contribution in [0.5, 0.6) is 5.75 Å². The smallest absolute Gasteiger partial charge is 0.255 e. The van der Waals surface area contributed by atoms with Crippen molar-refractivity contribution in [3.63, 3.8) is 0 Å². The molecule has 0 saturated carbocycles. The van der Waals surface area contributed by atoms with Gasteiger partial charge in [-0.3, -0.25) is 4.79 Å². The summed E-state index contributed by atoms with van der Waals surface area (Å²) < 4.78 is 34.9. The van der Waals surface area contributed by atoms with E-state index in [9.17, 15) is 13.2 Å². The summed E-state index contributed by atoms with van der Waals surface area (Å²) in [5, 5.41) is 2.80. The predicted octanol–water partition coefficient (Wildman–Crippen LogP) is 3.67. The number of carbonyl (C=O) groups is 1. The van der Waals surface area contributed by atoms with Crippen LogP contribution in [0.25, 0.3) is 0 Å². The number of hydrogen-bond donors (Lipinski definition) is 1. The van der Waals surface area contributed by atoms with E-state index >= 15 is 0 Å². The number of amides is 1. The van der Waals surface area contributed by atoms with Gasteiger partial charge in [-0.15, -0.1) is 0 Å². The average molecular weight is 469 g/mol. The van der Waals surface area contributed by atoms with E-state index < -0.39 is 10.0 Å². The molecule has 2 heterocycles. The van der Waals surface area contributed by atoms with Crippen LogP contribution in [0.15, 0.2) is 65.8 Å². The fourth-order valence-corrected chi connectivity index (χ4v) is 5.41. The molecule has 0 aliphatic carbocycles. The normalized spacial score (nSPS) is 17.0. The standard InChI is InChI=1S/C24H28N4O4S/c1-18-4-3-14-28(16-18)33(30,31)22-11-7-20(8-12-22)26-24(29)19-5-9-21(10-6-19)32-17-23-25-13-15-27(23)2/h5-13,15,18H,3-4,14,16-17H2,1-2H3,(H,26,29)/t18-/m0/s1. The zero-order valence-electron chi connectivity index (χ0n) is 18.8. The molecule has 1 aliphatic rings. The Morgan fingerprint density at radius 2 is 1.88 bits per heavy atom. The van der Waals surface area contributed by atoms with Crippen LogP contribution in [0.4, 0.5) is 5.69 Å². The summed E-state index contributed by atoms with van der Waals surface area (Å²) in [6, 6.07) is 13.1. The van der Waals surface area contributed by atoms with Crippen LogP contribution in [0.3, 0.4) is 0 Å². The van der Waals surface area contributed by atoms with Crippen molar-refractivity contribution >= 4 is 21.6 Å². The highest BCUT2D eigenvalue weighted by molar-refractivity contribution is 7.89. The van der Waals surface area contributed by atoms with Crippen molar-refractivity contribution in [3.05, 3.63) is 72.3 Å². The molecular formula is C24H28N4O4S. The molecule has 8 nitrogen and oxygen atoms in total. The van der Waals surface area contributed by atoms with Crippen molar-refractivity contribution in [2.45, 2.75) is 31.3 Å². The van der Waals surface area contributed by atoms with Crippen LogP contribution in [0, 0.1) is 5.92 Å². The van der Waals surface area contributed by atoms with E-state index in [-0.39, 0.29) is 10.8 Å². The molecule has 1 saturated heterocycles. The summed E-state index contributed by atoms with van der Waals surface area (Å²) in [5.74, 6) is 1.51. The number of anilines is 1. The Balaban J connectivity index is 1.36. The number of piperidine rings is 1. The lowest BCUT2D eigenvalue weighted by Gasteiger charge is -2.30. The van der Waals surface area contributed by atoms with Gasteiger partial charge in [0.25, 0.3) is 5.91 Å². The Labute approximate surface area is 194 Å². The maximum absolute atomic E-state index is 12.9. The van der Waals surface area contributed by atoms with E-state index in [0.29, 0.717) is 42.6 Å². The second-order valence-electron chi connectivity index (χ2n) is 8.36. The largest absolute Gasteiger partial charge is 0.486 e. The van der Waals surface area contributed by atoms with Gasteiger partial charge in [-0.2, -0.15) is 4.31 Å². The second-order valence-corrected chi connectivity index (χ2v) is 10.3. The Morgan fingerprint density at radius 1 is 1.15 bits per heavy atom. The number of imidazole rings is 1. The van der Waals surface area contributed by atoms with Gasteiger partial charge in [0.05, 0.1) is 4.90 Å². The molecular weight excluding hydrogens is 440 g/mol. The number of nitrogens with zero attached hydrogens (tertiary/aromatic N) is 3. The van der Waals surface area contributed by atoms with Crippen LogP contribution in [0.1, 0.15) is 35.9 Å². The molecule has 1 N–H and O–H groups in total. The third kappa shape index (κ3) is 5.43. The molecule has 0 bridgehead atoms. The molecule has 3 aromatic rings. The first-order valence-corrected chi connectivity index (χ1v) is 12.4. The first-order valence-electron chi connectivity index (χ1n) is 10.9. The number of ether oxygens (including phenoxy) is 1. The number of rotatable bonds is 7. The first kappa shape index (κ1) is 23.0. The van der Waals surface area contributed by atoms with Crippen molar-refractivity contribution < 1.29 is 17.9 Å². The second kappa shape index (κ2) is 9.76. The van der Waals surface area contributed by atoms with Gasteiger partial charge < -0.3 is 14.6 Å². The summed E-state index contributed by atoms with van der Waals surface area (Å²) in [4.78, 5) is 17.0. The zero-order chi connectivity index (χ0) is 23.4. The Bertz CT molecular complexity index is 1200. The van der Waals surface area contributed by atoms with E-state index in [1.54, 1.807) is 59.0 Å². The summed E-state index contributed by atoms with van der Waals surface area (Å²) >= 11 is 0. The van der Waals surface area contributed by atoms with Crippen LogP contribution in [-0.2, 0) is 23.7 Å². The summed E-state index contributed by atoms with van der Waals surface area (Å²) in [6.45, 7) is 3.49. The SMILES string of the molecule is C[C@H]1CCCN(S(=O)(=O)c2ccc(NC(=O)c3ccc(OCc4nccn4C)cc3)cc2)C1. The van der Waals surface area contributed by atoms with Gasteiger partial charge in [0.1, 0.15) is 18.2 Å². The number of hydrogen-bond acceptors (Lipinski definition) is 5. The molecule has 9 heteroatoms. The lowest BCUT2D eigenvalue weighted by molar-refractivity contribution is 0.102. The molecule has 1 aromatic heterocycles. The molecule has 2 aromatic carbocycles. The fraction of sp³-hybridized carbons (Fsp3) is 0.333. The van der Waals surface area contributed by atoms with E-state index in [1.807, 2.05) is 17.8 Å². The van der Waals surface area contributed by atoms with Gasteiger partial charge in [0, 0.05) is 43.8 Å². The molecule has 0 spiro atoms. The minimum Gasteiger partial charge on any atom is -0.486 e. The van der Waals surface area contributed by atoms with Crippen LogP contribution in [-0.4, -0.2) is 41.3 Å². The number of benzene rings is 2. The van der Waals surface area contributed by atoms with Crippen molar-refractivity contribution in [2.75, 3.05) is 18.4 Å². The molecule has 0 radical (unpaired) electrons. The number of sulfonamides is 1. The maximum atomic E-state index is 12.9. The zero-order valence-corrected chi connectivity index (χ0v) is 19.6. The molecule has 1 fully saturated rings. The van der Waals surface area contributed by atoms with E-state index in [2.05, 4.69) is 17.2 Å². The molecule has 1 amide bonds. The van der Waals surface area contributed by atoms with Crippen LogP contribution >= 0.6 is 0 Å². The molecule has 33 heavy (non-hydrogen) atoms. The Hall–Kier alpha value is -3.17. The lowest BCUT2D eigenvalue weighted by Crippen LogP contribution is -2.39. The molecule has 1 atom stereocenters. The highest BCUT2D eigenvalue weighted by atomic mass is 32.2. The van der Waals surface area contributed by atoms with Gasteiger partial charge in [-0.1, -0.05) is 6.92 Å². The van der Waals surface area contributed by atoms with Crippen molar-refractivity contribution in [1.29, 1.82) is 0 Å². The molecule has 0 unspecified atom stereocenters. The molecule has 4 rings (SSSR count). The quantitative estimate of drug-likeness (QED) is 0.571. The molecule has 1 aliphatic heterocycles. The number of aryl methyl sites for hydroxylation is 1. The average Bonchev–Trinajstić information content (AvgIpc) is 3.23. The Morgan fingerprint density at radius 3 is 2.52 bits per heavy atom. The van der Waals surface area contributed by atoms with Crippen molar-refractivity contribution in [1.82, 2.24) is 13.9 Å². The van der Waals surface area contributed by atoms with Gasteiger partial charge in [0.15, 0.2) is 0 Å². The van der Waals surface area contributed by atoms with Gasteiger partial charge >= 0.3 is 0 Å². The maximum Gasteiger partial charge on any atom is 0.255 e. The summed E-state index contributed by atoms with van der Waals surface area (Å²) in [7, 11) is -1.62. The summed E-state index contributed by atoms with van der Waals surface area (Å²) in [5.41, 5.74) is 0.999. The highest BCUT2D eigenvalue weighted by Crippen LogP contribution is 2.24. The topological polar surface area (TPSA) is 93.5 Å². The predicted molar refractivity (Wildman–Crippen MR) is 126 cm³/mol. The van der Waals surface area contributed by atoms with E-state index in [4.69, 9.17) is 4.74 Å². The fourth-order valence-electron chi connectivity index (χ4n) is 3.81. The van der Waals surface area contributed by atoms with Gasteiger partial charge in [0.2, 0.25) is 10.0 Å². The van der Waals surface area contributed by atoms with Crippen molar-refractivity contribution in [2.24, 2.45) is 13.0 Å². The number of carbonyl (C=O) groups excluding carboxylic acids is 1.